The minimum atomic E-state index is -0.259. The second-order valence-electron chi connectivity index (χ2n) is 8.04. The fraction of sp³-hybridized carbons (Fsp3) is 0.292. The van der Waals surface area contributed by atoms with Gasteiger partial charge in [-0.25, -0.2) is 9.50 Å². The highest BCUT2D eigenvalue weighted by Crippen LogP contribution is 2.33. The molecule has 2 aromatic heterocycles. The summed E-state index contributed by atoms with van der Waals surface area (Å²) >= 11 is 0. The van der Waals surface area contributed by atoms with Crippen molar-refractivity contribution in [2.45, 2.75) is 25.9 Å². The van der Waals surface area contributed by atoms with Crippen LogP contribution in [-0.2, 0) is 0 Å². The number of nitrogens with zero attached hydrogens (tertiary/aromatic N) is 4. The Labute approximate surface area is 185 Å². The molecule has 2 N–H and O–H groups in total. The van der Waals surface area contributed by atoms with Crippen molar-refractivity contribution >= 4 is 11.2 Å². The number of hydrogen-bond donors (Lipinski definition) is 2. The molecule has 0 spiro atoms. The van der Waals surface area contributed by atoms with E-state index in [4.69, 9.17) is 4.74 Å². The summed E-state index contributed by atoms with van der Waals surface area (Å²) in [5.74, 6) is 1.67. The van der Waals surface area contributed by atoms with E-state index in [-0.39, 0.29) is 11.7 Å². The van der Waals surface area contributed by atoms with Gasteiger partial charge in [0, 0.05) is 30.4 Å². The van der Waals surface area contributed by atoms with Gasteiger partial charge < -0.3 is 19.7 Å². The predicted molar refractivity (Wildman–Crippen MR) is 123 cm³/mol. The third kappa shape index (κ3) is 3.52. The van der Waals surface area contributed by atoms with Crippen molar-refractivity contribution in [3.05, 3.63) is 64.7 Å². The van der Waals surface area contributed by atoms with Crippen LogP contribution in [0.4, 0.5) is 5.69 Å². The van der Waals surface area contributed by atoms with E-state index in [2.05, 4.69) is 20.0 Å². The summed E-state index contributed by atoms with van der Waals surface area (Å²) < 4.78 is 7.24. The number of aliphatic hydroxyl groups excluding tert-OH is 1. The maximum Gasteiger partial charge on any atom is 0.277 e. The number of aromatic nitrogens is 4. The molecule has 0 atom stereocenters. The molecular formula is C24H25N5O3. The lowest BCUT2D eigenvalue weighted by atomic mass is 10.1. The summed E-state index contributed by atoms with van der Waals surface area (Å²) in [4.78, 5) is 22.8. The highest BCUT2D eigenvalue weighted by atomic mass is 16.5. The number of H-pyrrole nitrogens is 1. The Morgan fingerprint density at radius 3 is 2.59 bits per heavy atom. The van der Waals surface area contributed by atoms with Crippen LogP contribution in [0.2, 0.25) is 0 Å². The summed E-state index contributed by atoms with van der Waals surface area (Å²) in [5, 5.41) is 14.5. The first-order chi connectivity index (χ1) is 15.5. The van der Waals surface area contributed by atoms with Crippen molar-refractivity contribution in [1.29, 1.82) is 0 Å². The number of ether oxygens (including phenoxy) is 1. The van der Waals surface area contributed by atoms with E-state index in [1.54, 1.807) is 11.6 Å². The Balaban J connectivity index is 1.58. The van der Waals surface area contributed by atoms with E-state index in [1.807, 2.05) is 55.5 Å². The van der Waals surface area contributed by atoms with Crippen LogP contribution in [0.25, 0.3) is 28.2 Å². The molecule has 5 rings (SSSR count). The number of imidazole rings is 1. The molecule has 0 bridgehead atoms. The second-order valence-corrected chi connectivity index (χ2v) is 8.04. The third-order valence-corrected chi connectivity index (χ3v) is 5.98. The molecule has 164 valence electrons. The van der Waals surface area contributed by atoms with Crippen LogP contribution in [0.1, 0.15) is 18.7 Å². The number of hydrogen-bond acceptors (Lipinski definition) is 6. The quantitative estimate of drug-likeness (QED) is 0.516. The van der Waals surface area contributed by atoms with Crippen molar-refractivity contribution in [2.24, 2.45) is 0 Å². The summed E-state index contributed by atoms with van der Waals surface area (Å²) in [6.07, 6.45) is 1.27. The maximum absolute atomic E-state index is 13.1. The molecule has 32 heavy (non-hydrogen) atoms. The number of benzene rings is 2. The first-order valence-corrected chi connectivity index (χ1v) is 10.7. The van der Waals surface area contributed by atoms with E-state index in [0.29, 0.717) is 34.2 Å². The maximum atomic E-state index is 13.1. The van der Waals surface area contributed by atoms with Crippen LogP contribution in [0.5, 0.6) is 5.75 Å². The molecule has 8 heteroatoms. The van der Waals surface area contributed by atoms with Gasteiger partial charge in [0.15, 0.2) is 11.3 Å². The van der Waals surface area contributed by atoms with Gasteiger partial charge in [-0.05, 0) is 31.9 Å². The van der Waals surface area contributed by atoms with Crippen molar-refractivity contribution in [2.75, 3.05) is 25.1 Å². The molecule has 1 aliphatic heterocycles. The molecular weight excluding hydrogens is 406 g/mol. The van der Waals surface area contributed by atoms with E-state index in [0.717, 1.165) is 37.2 Å². The largest absolute Gasteiger partial charge is 0.496 e. The van der Waals surface area contributed by atoms with Gasteiger partial charge in [-0.15, -0.1) is 5.10 Å². The zero-order valence-corrected chi connectivity index (χ0v) is 18.1. The molecule has 3 heterocycles. The van der Waals surface area contributed by atoms with Crippen molar-refractivity contribution in [3.63, 3.8) is 0 Å². The Morgan fingerprint density at radius 2 is 1.88 bits per heavy atom. The smallest absolute Gasteiger partial charge is 0.277 e. The fourth-order valence-electron chi connectivity index (χ4n) is 4.26. The molecule has 1 saturated heterocycles. The fourth-order valence-corrected chi connectivity index (χ4v) is 4.26. The number of aromatic amines is 1. The van der Waals surface area contributed by atoms with Crippen LogP contribution in [0.3, 0.4) is 0 Å². The van der Waals surface area contributed by atoms with E-state index < -0.39 is 0 Å². The van der Waals surface area contributed by atoms with Gasteiger partial charge in [-0.2, -0.15) is 0 Å². The van der Waals surface area contributed by atoms with E-state index in [9.17, 15) is 9.90 Å². The van der Waals surface area contributed by atoms with Gasteiger partial charge in [0.2, 0.25) is 0 Å². The highest BCUT2D eigenvalue weighted by molar-refractivity contribution is 5.77. The van der Waals surface area contributed by atoms with Gasteiger partial charge in [-0.3, -0.25) is 4.79 Å². The van der Waals surface area contributed by atoms with Crippen molar-refractivity contribution < 1.29 is 9.84 Å². The van der Waals surface area contributed by atoms with Crippen LogP contribution < -0.4 is 15.2 Å². The molecule has 8 nitrogen and oxygen atoms in total. The van der Waals surface area contributed by atoms with Gasteiger partial charge >= 0.3 is 0 Å². The molecule has 0 radical (unpaired) electrons. The summed E-state index contributed by atoms with van der Waals surface area (Å²) in [6, 6.07) is 15.5. The van der Waals surface area contributed by atoms with E-state index in [1.165, 1.54) is 0 Å². The van der Waals surface area contributed by atoms with Crippen LogP contribution in [0.15, 0.2) is 53.3 Å². The minimum absolute atomic E-state index is 0.229. The van der Waals surface area contributed by atoms with Gasteiger partial charge in [0.25, 0.3) is 5.56 Å². The minimum Gasteiger partial charge on any atom is -0.496 e. The summed E-state index contributed by atoms with van der Waals surface area (Å²) in [6.45, 7) is 3.42. The van der Waals surface area contributed by atoms with Gasteiger partial charge in [0.1, 0.15) is 17.3 Å². The SMILES string of the molecule is COc1cc(N2CCC(O)CC2)ccc1-c1nn2c(C)nc(-c3ccccc3)c2c(=O)[nH]1. The third-order valence-electron chi connectivity index (χ3n) is 5.98. The normalized spacial score (nSPS) is 14.8. The zero-order valence-electron chi connectivity index (χ0n) is 18.1. The average Bonchev–Trinajstić information content (AvgIpc) is 3.16. The predicted octanol–water partition coefficient (Wildman–Crippen LogP) is 3.03. The highest BCUT2D eigenvalue weighted by Gasteiger charge is 2.21. The van der Waals surface area contributed by atoms with E-state index >= 15 is 0 Å². The first-order valence-electron chi connectivity index (χ1n) is 10.7. The first kappa shape index (κ1) is 20.3. The molecule has 2 aromatic carbocycles. The van der Waals surface area contributed by atoms with Crippen LogP contribution >= 0.6 is 0 Å². The number of fused-ring (bicyclic) bond motifs is 1. The molecule has 1 fully saturated rings. The number of piperidine rings is 1. The second kappa shape index (κ2) is 8.12. The molecule has 0 unspecified atom stereocenters. The Kier molecular flexibility index (Phi) is 5.14. The average molecular weight is 431 g/mol. The number of methoxy groups -OCH3 is 1. The molecule has 1 aliphatic rings. The monoisotopic (exact) mass is 431 g/mol. The molecule has 0 saturated carbocycles. The lowest BCUT2D eigenvalue weighted by Gasteiger charge is -2.31. The van der Waals surface area contributed by atoms with Gasteiger partial charge in [0.05, 0.1) is 18.8 Å². The van der Waals surface area contributed by atoms with Gasteiger partial charge in [-0.1, -0.05) is 30.3 Å². The number of aliphatic hydroxyl groups is 1. The Morgan fingerprint density at radius 1 is 1.12 bits per heavy atom. The van der Waals surface area contributed by atoms with Crippen LogP contribution in [0, 0.1) is 6.92 Å². The number of anilines is 1. The number of rotatable bonds is 4. The molecule has 0 aliphatic carbocycles. The molecule has 4 aromatic rings. The standard InChI is InChI=1S/C24H25N5O3/c1-15-25-21(16-6-4-3-5-7-16)22-24(31)26-23(27-29(15)22)19-9-8-17(14-20(19)32-2)28-12-10-18(30)11-13-28/h3-9,14,18,30H,10-13H2,1-2H3,(H,26,27,31). The topological polar surface area (TPSA) is 95.8 Å². The van der Waals surface area contributed by atoms with Crippen LogP contribution in [-0.4, -0.2) is 51.0 Å². The van der Waals surface area contributed by atoms with Crippen molar-refractivity contribution in [1.82, 2.24) is 19.6 Å². The summed E-state index contributed by atoms with van der Waals surface area (Å²) in [7, 11) is 1.61. The summed E-state index contributed by atoms with van der Waals surface area (Å²) in [5.41, 5.74) is 3.35. The lowest BCUT2D eigenvalue weighted by Crippen LogP contribution is -2.35. The molecule has 0 amide bonds. The zero-order chi connectivity index (χ0) is 22.2. The Hall–Kier alpha value is -3.65. The number of nitrogens with one attached hydrogen (secondary N) is 1. The lowest BCUT2D eigenvalue weighted by molar-refractivity contribution is 0.145. The Bertz CT molecular complexity index is 1320. The van der Waals surface area contributed by atoms with Crippen molar-refractivity contribution in [3.8, 4) is 28.4 Å². The number of aryl methyl sites for hydroxylation is 1.